The Labute approximate surface area is 86.2 Å². The van der Waals surface area contributed by atoms with E-state index in [0.717, 1.165) is 5.56 Å². The van der Waals surface area contributed by atoms with Crippen molar-refractivity contribution < 1.29 is 9.90 Å². The topological polar surface area (TPSA) is 99.6 Å². The minimum absolute atomic E-state index is 0.125. The summed E-state index contributed by atoms with van der Waals surface area (Å²) < 4.78 is 0. The Kier molecular flexibility index (Phi) is 4.00. The van der Waals surface area contributed by atoms with E-state index in [2.05, 4.69) is 15.3 Å². The van der Waals surface area contributed by atoms with Crippen molar-refractivity contribution in [2.24, 2.45) is 5.11 Å². The minimum Gasteiger partial charge on any atom is -0.465 e. The summed E-state index contributed by atoms with van der Waals surface area (Å²) in [7, 11) is 0. The number of benzene rings is 1. The zero-order valence-electron chi connectivity index (χ0n) is 7.92. The van der Waals surface area contributed by atoms with Gasteiger partial charge in [0.25, 0.3) is 0 Å². The van der Waals surface area contributed by atoms with E-state index in [4.69, 9.17) is 10.6 Å². The third-order valence-electron chi connectivity index (χ3n) is 1.83. The molecular formula is C9H11N4O2+. The lowest BCUT2D eigenvalue weighted by molar-refractivity contribution is 0.190. The van der Waals surface area contributed by atoms with Gasteiger partial charge in [-0.25, -0.2) is 4.79 Å². The Hall–Kier alpha value is -2.20. The highest BCUT2D eigenvalue weighted by Gasteiger charge is 2.15. The van der Waals surface area contributed by atoms with Gasteiger partial charge in [-0.05, 0) is 5.56 Å². The van der Waals surface area contributed by atoms with Gasteiger partial charge in [0.15, 0.2) is 0 Å². The number of hydrogen-bond donors (Lipinski definition) is 3. The fourth-order valence-corrected chi connectivity index (χ4v) is 1.19. The van der Waals surface area contributed by atoms with Crippen molar-refractivity contribution in [2.75, 3.05) is 6.54 Å². The van der Waals surface area contributed by atoms with E-state index in [1.54, 1.807) is 12.1 Å². The first kappa shape index (κ1) is 10.9. The zero-order chi connectivity index (χ0) is 11.1. The van der Waals surface area contributed by atoms with Gasteiger partial charge in [0.1, 0.15) is 17.2 Å². The summed E-state index contributed by atoms with van der Waals surface area (Å²) in [5.74, 6) is 0. The highest BCUT2D eigenvalue weighted by Crippen LogP contribution is 2.12. The number of hydrogen-bond acceptors (Lipinski definition) is 3. The molecule has 0 bridgehead atoms. The van der Waals surface area contributed by atoms with Crippen LogP contribution in [0.3, 0.4) is 0 Å². The van der Waals surface area contributed by atoms with Crippen molar-refractivity contribution in [1.29, 1.82) is 5.53 Å². The maximum Gasteiger partial charge on any atom is 0.405 e. The molecule has 78 valence electrons. The zero-order valence-corrected chi connectivity index (χ0v) is 7.92. The maximum absolute atomic E-state index is 10.5. The third-order valence-corrected chi connectivity index (χ3v) is 1.83. The summed E-state index contributed by atoms with van der Waals surface area (Å²) in [6, 6.07) is 8.58. The van der Waals surface area contributed by atoms with Crippen LogP contribution in [0.25, 0.3) is 0 Å². The number of amides is 1. The van der Waals surface area contributed by atoms with Gasteiger partial charge in [-0.3, -0.25) is 0 Å². The van der Waals surface area contributed by atoms with Crippen LogP contribution < -0.4 is 10.2 Å². The van der Waals surface area contributed by atoms with Crippen molar-refractivity contribution in [3.05, 3.63) is 35.9 Å². The maximum atomic E-state index is 10.5. The number of nitrogens with one attached hydrogen (secondary N) is 2. The standard InChI is InChI=1S/C9H10N4O2/c10-13-11-6-8(12-9(14)15)7-4-2-1-3-5-7/h1-5,8,10,12H,6H2/p+1. The van der Waals surface area contributed by atoms with Crippen molar-refractivity contribution in [2.45, 2.75) is 6.04 Å². The van der Waals surface area contributed by atoms with E-state index >= 15 is 0 Å². The van der Waals surface area contributed by atoms with E-state index in [-0.39, 0.29) is 6.54 Å². The molecule has 0 heterocycles. The van der Waals surface area contributed by atoms with E-state index in [1.165, 1.54) is 0 Å². The van der Waals surface area contributed by atoms with Gasteiger partial charge in [0, 0.05) is 0 Å². The fourth-order valence-electron chi connectivity index (χ4n) is 1.19. The van der Waals surface area contributed by atoms with Crippen molar-refractivity contribution in [3.8, 4) is 0 Å². The van der Waals surface area contributed by atoms with Gasteiger partial charge < -0.3 is 10.4 Å². The predicted molar refractivity (Wildman–Crippen MR) is 52.5 cm³/mol. The molecule has 0 aliphatic rings. The summed E-state index contributed by atoms with van der Waals surface area (Å²) in [6.45, 7) is 0.125. The summed E-state index contributed by atoms with van der Waals surface area (Å²) >= 11 is 0. The summed E-state index contributed by atoms with van der Waals surface area (Å²) in [5.41, 5.74) is 7.32. The number of nitrogens with zero attached hydrogens (tertiary/aromatic N) is 2. The lowest BCUT2D eigenvalue weighted by atomic mass is 10.1. The molecule has 0 radical (unpaired) electrons. The molecule has 1 aromatic rings. The molecule has 0 aromatic heterocycles. The predicted octanol–water partition coefficient (Wildman–Crippen LogP) is 1.55. The number of carboxylic acid groups (broad SMARTS) is 1. The van der Waals surface area contributed by atoms with Crippen LogP contribution in [-0.4, -0.2) is 17.7 Å². The molecule has 6 nitrogen and oxygen atoms in total. The monoisotopic (exact) mass is 207 g/mol. The highest BCUT2D eigenvalue weighted by molar-refractivity contribution is 5.65. The first-order valence-corrected chi connectivity index (χ1v) is 4.31. The third kappa shape index (κ3) is 3.58. The second kappa shape index (κ2) is 5.51. The highest BCUT2D eigenvalue weighted by atomic mass is 16.4. The Bertz CT molecular complexity index is 369. The largest absolute Gasteiger partial charge is 0.465 e. The Morgan fingerprint density at radius 3 is 2.73 bits per heavy atom. The van der Waals surface area contributed by atoms with Crippen molar-refractivity contribution in [1.82, 2.24) is 10.2 Å². The molecule has 0 fully saturated rings. The second-order valence-corrected chi connectivity index (χ2v) is 2.84. The molecule has 1 rings (SSSR count). The minimum atomic E-state index is -1.12. The number of rotatable bonds is 4. The van der Waals surface area contributed by atoms with Gasteiger partial charge in [-0.2, -0.15) is 0 Å². The van der Waals surface area contributed by atoms with E-state index in [1.807, 2.05) is 18.2 Å². The molecule has 6 heteroatoms. The van der Waals surface area contributed by atoms with E-state index in [0.29, 0.717) is 0 Å². The fraction of sp³-hybridized carbons (Fsp3) is 0.222. The average molecular weight is 207 g/mol. The molecule has 0 aliphatic carbocycles. The van der Waals surface area contributed by atoms with Gasteiger partial charge in [0.05, 0.1) is 6.04 Å². The summed E-state index contributed by atoms with van der Waals surface area (Å²) in [5, 5.41) is 14.4. The number of carbonyl (C=O) groups is 1. The van der Waals surface area contributed by atoms with E-state index < -0.39 is 12.1 Å². The molecule has 1 amide bonds. The van der Waals surface area contributed by atoms with E-state index in [9.17, 15) is 4.79 Å². The van der Waals surface area contributed by atoms with Gasteiger partial charge in [-0.1, -0.05) is 30.3 Å². The Morgan fingerprint density at radius 1 is 1.53 bits per heavy atom. The van der Waals surface area contributed by atoms with Gasteiger partial charge >= 0.3 is 6.09 Å². The first-order chi connectivity index (χ1) is 7.24. The quantitative estimate of drug-likeness (QED) is 0.515. The molecule has 1 unspecified atom stereocenters. The Morgan fingerprint density at radius 2 is 2.20 bits per heavy atom. The van der Waals surface area contributed by atoms with Crippen LogP contribution in [0.4, 0.5) is 4.79 Å². The van der Waals surface area contributed by atoms with Gasteiger partial charge in [-0.15, -0.1) is 0 Å². The smallest absolute Gasteiger partial charge is 0.405 e. The molecule has 0 saturated carbocycles. The van der Waals surface area contributed by atoms with Crippen LogP contribution in [-0.2, 0) is 0 Å². The molecule has 0 spiro atoms. The van der Waals surface area contributed by atoms with Crippen molar-refractivity contribution in [3.63, 3.8) is 0 Å². The summed E-state index contributed by atoms with van der Waals surface area (Å²) in [4.78, 5) is 13.4. The molecule has 1 aromatic carbocycles. The van der Waals surface area contributed by atoms with Crippen LogP contribution in [0.15, 0.2) is 35.4 Å². The molecule has 3 N–H and O–H groups in total. The molecular weight excluding hydrogens is 196 g/mol. The van der Waals surface area contributed by atoms with Crippen LogP contribution in [0.1, 0.15) is 11.6 Å². The second-order valence-electron chi connectivity index (χ2n) is 2.84. The SMILES string of the molecule is N=[N+]=NCC(NC(=O)O)c1ccccc1. The molecule has 0 saturated heterocycles. The molecule has 15 heavy (non-hydrogen) atoms. The van der Waals surface area contributed by atoms with Crippen LogP contribution in [0, 0.1) is 5.53 Å². The van der Waals surface area contributed by atoms with Crippen LogP contribution >= 0.6 is 0 Å². The Balaban J connectivity index is 2.80. The lowest BCUT2D eigenvalue weighted by Gasteiger charge is -2.12. The molecule has 0 aliphatic heterocycles. The van der Waals surface area contributed by atoms with Gasteiger partial charge in [0.2, 0.25) is 4.91 Å². The lowest BCUT2D eigenvalue weighted by Crippen LogP contribution is -2.28. The van der Waals surface area contributed by atoms with Crippen LogP contribution in [0.5, 0.6) is 0 Å². The van der Waals surface area contributed by atoms with Crippen molar-refractivity contribution >= 4 is 6.09 Å². The normalized spacial score (nSPS) is 11.2. The van der Waals surface area contributed by atoms with Crippen LogP contribution in [0.2, 0.25) is 0 Å². The molecule has 1 atom stereocenters. The average Bonchev–Trinajstić information content (AvgIpc) is 2.25. The first-order valence-electron chi connectivity index (χ1n) is 4.31. The summed E-state index contributed by atoms with van der Waals surface area (Å²) in [6.07, 6.45) is -1.12.